The molecule has 4 aromatic carbocycles. The molecule has 0 aromatic heterocycles. The van der Waals surface area contributed by atoms with E-state index in [1.807, 2.05) is 0 Å². The summed E-state index contributed by atoms with van der Waals surface area (Å²) in [6.07, 6.45) is -28.2. The summed E-state index contributed by atoms with van der Waals surface area (Å²) in [5.74, 6) is -6.33. The summed E-state index contributed by atoms with van der Waals surface area (Å²) < 4.78 is 190. The van der Waals surface area contributed by atoms with E-state index in [0.29, 0.717) is 36.4 Å². The Morgan fingerprint density at radius 2 is 1.32 bits per heavy atom. The van der Waals surface area contributed by atoms with Gasteiger partial charge >= 0.3 is 30.7 Å². The minimum absolute atomic E-state index is 0.133. The predicted octanol–water partition coefficient (Wildman–Crippen LogP) is 9.25. The van der Waals surface area contributed by atoms with Crippen molar-refractivity contribution in [1.82, 2.24) is 5.32 Å². The second-order valence-electron chi connectivity index (χ2n) is 10.8. The molecule has 1 heterocycles. The monoisotopic (exact) mass is 727 g/mol. The van der Waals surface area contributed by atoms with Crippen LogP contribution in [0.5, 0.6) is 17.2 Å². The van der Waals surface area contributed by atoms with E-state index in [1.165, 1.54) is 30.3 Å². The van der Waals surface area contributed by atoms with Gasteiger partial charge in [0.1, 0.15) is 11.6 Å². The van der Waals surface area contributed by atoms with Crippen LogP contribution in [0.2, 0.25) is 0 Å². The highest BCUT2D eigenvalue weighted by Gasteiger charge is 2.66. The average Bonchev–Trinajstić information content (AvgIpc) is 3.00. The minimum Gasteiger partial charge on any atom is -0.426 e. The lowest BCUT2D eigenvalue weighted by molar-refractivity contribution is -0.391. The Morgan fingerprint density at radius 1 is 0.700 bits per heavy atom. The van der Waals surface area contributed by atoms with Gasteiger partial charge in [-0.05, 0) is 59.2 Å². The third-order valence-corrected chi connectivity index (χ3v) is 7.33. The first kappa shape index (κ1) is 36.1. The van der Waals surface area contributed by atoms with Crippen molar-refractivity contribution in [2.45, 2.75) is 42.6 Å². The molecule has 0 saturated heterocycles. The van der Waals surface area contributed by atoms with Gasteiger partial charge in [0.15, 0.2) is 11.5 Å². The second-order valence-corrected chi connectivity index (χ2v) is 10.8. The molecule has 1 aliphatic heterocycles. The third kappa shape index (κ3) is 6.96. The largest absolute Gasteiger partial charge is 0.507 e. The first-order valence-corrected chi connectivity index (χ1v) is 13.8. The summed E-state index contributed by atoms with van der Waals surface area (Å²) in [6.45, 7) is 0. The molecule has 1 N–H and O–H groups in total. The van der Waals surface area contributed by atoms with Gasteiger partial charge in [-0.3, -0.25) is 4.79 Å². The maximum Gasteiger partial charge on any atom is 0.507 e. The van der Waals surface area contributed by atoms with E-state index >= 15 is 0 Å². The molecule has 266 valence electrons. The zero-order chi connectivity index (χ0) is 36.9. The number of rotatable bonds is 8. The molecule has 0 unspecified atom stereocenters. The fraction of sp³-hybridized carbons (Fsp3) is 0.219. The van der Waals surface area contributed by atoms with E-state index in [-0.39, 0.29) is 11.6 Å². The zero-order valence-corrected chi connectivity index (χ0v) is 24.4. The number of hydrogen-bond acceptors (Lipinski definition) is 4. The van der Waals surface area contributed by atoms with Crippen molar-refractivity contribution < 1.29 is 76.1 Å². The first-order valence-electron chi connectivity index (χ1n) is 13.8. The lowest BCUT2D eigenvalue weighted by Crippen LogP contribution is -2.52. The van der Waals surface area contributed by atoms with Crippen molar-refractivity contribution in [1.29, 1.82) is 0 Å². The van der Waals surface area contributed by atoms with Crippen LogP contribution in [0, 0.1) is 5.82 Å². The van der Waals surface area contributed by atoms with E-state index in [4.69, 9.17) is 0 Å². The van der Waals surface area contributed by atoms with Gasteiger partial charge in [-0.15, -0.1) is 0 Å². The number of nitrogens with one attached hydrogen (secondary N) is 1. The van der Waals surface area contributed by atoms with Crippen molar-refractivity contribution in [3.05, 3.63) is 125 Å². The Hall–Kier alpha value is -5.16. The topological polar surface area (TPSA) is 56.8 Å². The Balaban J connectivity index is 1.75. The van der Waals surface area contributed by atoms with Crippen LogP contribution in [0.1, 0.15) is 32.6 Å². The molecule has 5 nitrogen and oxygen atoms in total. The molecule has 0 spiro atoms. The van der Waals surface area contributed by atoms with Crippen molar-refractivity contribution in [2.24, 2.45) is 0 Å². The van der Waals surface area contributed by atoms with Crippen LogP contribution in [0.25, 0.3) is 0 Å². The highest BCUT2D eigenvalue weighted by molar-refractivity contribution is 5.95. The second kappa shape index (κ2) is 12.3. The van der Waals surface area contributed by atoms with Gasteiger partial charge in [0, 0.05) is 12.0 Å². The van der Waals surface area contributed by atoms with E-state index in [0.717, 1.165) is 18.2 Å². The highest BCUT2D eigenvalue weighted by Crippen LogP contribution is 2.49. The summed E-state index contributed by atoms with van der Waals surface area (Å²) in [4.78, 5) is 13.7. The van der Waals surface area contributed by atoms with Crippen LogP contribution in [-0.2, 0) is 18.1 Å². The van der Waals surface area contributed by atoms with E-state index in [2.05, 4.69) is 19.5 Å². The smallest absolute Gasteiger partial charge is 0.426 e. The van der Waals surface area contributed by atoms with Crippen LogP contribution in [0.4, 0.5) is 57.1 Å². The van der Waals surface area contributed by atoms with Crippen LogP contribution in [0.3, 0.4) is 0 Å². The fourth-order valence-electron chi connectivity index (χ4n) is 4.97. The lowest BCUT2D eigenvalue weighted by Gasteiger charge is -2.38. The van der Waals surface area contributed by atoms with Crippen molar-refractivity contribution in [3.8, 4) is 17.2 Å². The molecule has 5 rings (SSSR count). The SMILES string of the molecule is O=C(N[C@](Cc1ccccc1)(c1cccc(OC(F)(F)C(F)(F)F)c1)c1ccc2c(c1)OC(F)(F)C(F)(F)O2)c1ccc(F)c(C(F)(F)F)c1. The zero-order valence-electron chi connectivity index (χ0n) is 24.4. The molecule has 0 aliphatic carbocycles. The summed E-state index contributed by atoms with van der Waals surface area (Å²) in [7, 11) is 0. The van der Waals surface area contributed by atoms with Gasteiger partial charge in [0.25, 0.3) is 5.91 Å². The Labute approximate surface area is 272 Å². The first-order chi connectivity index (χ1) is 23.0. The lowest BCUT2D eigenvalue weighted by atomic mass is 9.77. The predicted molar refractivity (Wildman–Crippen MR) is 145 cm³/mol. The number of hydrogen-bond donors (Lipinski definition) is 1. The van der Waals surface area contributed by atoms with Crippen molar-refractivity contribution in [3.63, 3.8) is 0 Å². The van der Waals surface area contributed by atoms with Gasteiger partial charge in [0.05, 0.1) is 11.1 Å². The molecule has 1 atom stereocenters. The number of alkyl halides is 12. The molecule has 0 radical (unpaired) electrons. The minimum atomic E-state index is -6.21. The van der Waals surface area contributed by atoms with Gasteiger partial charge < -0.3 is 19.5 Å². The van der Waals surface area contributed by atoms with Crippen molar-refractivity contribution >= 4 is 5.91 Å². The van der Waals surface area contributed by atoms with Gasteiger partial charge in [-0.1, -0.05) is 48.5 Å². The van der Waals surface area contributed by atoms with Crippen LogP contribution >= 0.6 is 0 Å². The number of carbonyl (C=O) groups excluding carboxylic acids is 1. The van der Waals surface area contributed by atoms with E-state index in [1.54, 1.807) is 0 Å². The number of amides is 1. The van der Waals surface area contributed by atoms with Gasteiger partial charge in [-0.2, -0.15) is 52.7 Å². The van der Waals surface area contributed by atoms with Crippen LogP contribution < -0.4 is 19.5 Å². The molecule has 1 aliphatic rings. The van der Waals surface area contributed by atoms with Crippen LogP contribution in [-0.4, -0.2) is 30.4 Å². The average molecular weight is 727 g/mol. The van der Waals surface area contributed by atoms with E-state index < -0.39 is 93.9 Å². The Kier molecular flexibility index (Phi) is 8.90. The summed E-state index contributed by atoms with van der Waals surface area (Å²) in [5, 5.41) is 2.36. The third-order valence-electron chi connectivity index (χ3n) is 7.33. The Bertz CT molecular complexity index is 1900. The molecule has 1 amide bonds. The number of carbonyl (C=O) groups is 1. The standard InChI is InChI=1S/C32H18F13NO4/c33-23-11-9-18(13-22(23)28(34,35)36)26(47)46-27(16-17-5-2-1-3-6-17,19-7-4-8-21(14-19)48-30(40,41)29(37,38)39)20-10-12-24-25(15-20)50-32(44,45)31(42,43)49-24/h1-15H,16H2,(H,46,47)/t27-/m1/s1. The van der Waals surface area contributed by atoms with E-state index in [9.17, 15) is 61.9 Å². The quantitative estimate of drug-likeness (QED) is 0.184. The molecule has 18 heteroatoms. The number of ether oxygens (including phenoxy) is 3. The van der Waals surface area contributed by atoms with Gasteiger partial charge in [0.2, 0.25) is 0 Å². The molecular weight excluding hydrogens is 709 g/mol. The molecule has 0 saturated carbocycles. The summed E-state index contributed by atoms with van der Waals surface area (Å²) >= 11 is 0. The molecule has 0 fully saturated rings. The summed E-state index contributed by atoms with van der Waals surface area (Å²) in [5.41, 5.74) is -5.66. The highest BCUT2D eigenvalue weighted by atomic mass is 19.4. The normalized spacial score (nSPS) is 16.7. The number of halogens is 13. The maximum atomic E-state index is 14.2. The van der Waals surface area contributed by atoms with Crippen molar-refractivity contribution in [2.75, 3.05) is 0 Å². The Morgan fingerprint density at radius 3 is 1.94 bits per heavy atom. The maximum absolute atomic E-state index is 14.2. The fourth-order valence-corrected chi connectivity index (χ4v) is 4.97. The molecule has 4 aromatic rings. The number of benzene rings is 4. The molecule has 50 heavy (non-hydrogen) atoms. The summed E-state index contributed by atoms with van der Waals surface area (Å²) in [6, 6.07) is 13.9. The number of fused-ring (bicyclic) bond motifs is 1. The van der Waals surface area contributed by atoms with Gasteiger partial charge in [-0.25, -0.2) is 4.39 Å². The van der Waals surface area contributed by atoms with Crippen LogP contribution in [0.15, 0.2) is 91.0 Å². The molecule has 0 bridgehead atoms. The molecular formula is C32H18F13NO4.